The Kier molecular flexibility index (Phi) is 7.88. The van der Waals surface area contributed by atoms with Crippen LogP contribution >= 0.6 is 0 Å². The minimum atomic E-state index is -0.220. The second-order valence-corrected chi connectivity index (χ2v) is 10.6. The van der Waals surface area contributed by atoms with Crippen molar-refractivity contribution in [3.63, 3.8) is 0 Å². The molecule has 2 heterocycles. The highest BCUT2D eigenvalue weighted by atomic mass is 16.3. The van der Waals surface area contributed by atoms with Crippen LogP contribution in [0.5, 0.6) is 0 Å². The largest absolute Gasteiger partial charge is 0.393 e. The Labute approximate surface area is 239 Å². The fraction of sp³-hybridized carbons (Fsp3) is 0.273. The van der Waals surface area contributed by atoms with Gasteiger partial charge in [0.2, 0.25) is 5.95 Å². The van der Waals surface area contributed by atoms with E-state index in [0.29, 0.717) is 17.6 Å². The highest BCUT2D eigenvalue weighted by Crippen LogP contribution is 2.29. The van der Waals surface area contributed by atoms with Crippen molar-refractivity contribution in [2.24, 2.45) is 0 Å². The third kappa shape index (κ3) is 7.07. The van der Waals surface area contributed by atoms with Gasteiger partial charge in [-0.05, 0) is 93.1 Å². The van der Waals surface area contributed by atoms with Gasteiger partial charge in [0.25, 0.3) is 5.91 Å². The first-order valence-corrected chi connectivity index (χ1v) is 14.1. The monoisotopic (exact) mass is 544 g/mol. The zero-order valence-electron chi connectivity index (χ0n) is 22.7. The lowest BCUT2D eigenvalue weighted by atomic mass is 9.93. The molecule has 0 saturated heterocycles. The summed E-state index contributed by atoms with van der Waals surface area (Å²) in [6, 6.07) is 21.5. The van der Waals surface area contributed by atoms with Crippen molar-refractivity contribution < 1.29 is 9.90 Å². The number of aliphatic hydroxyl groups excluding tert-OH is 1. The number of aliphatic hydroxyl groups is 1. The van der Waals surface area contributed by atoms with Crippen molar-refractivity contribution in [2.75, 3.05) is 10.6 Å². The quantitative estimate of drug-likeness (QED) is 0.234. The van der Waals surface area contributed by atoms with E-state index >= 15 is 0 Å². The maximum atomic E-state index is 12.3. The zero-order valence-corrected chi connectivity index (χ0v) is 22.7. The van der Waals surface area contributed by atoms with Crippen LogP contribution in [0.4, 0.5) is 17.5 Å². The van der Waals surface area contributed by atoms with Crippen LogP contribution in [0, 0.1) is 11.8 Å². The topological polar surface area (TPSA) is 112 Å². The average Bonchev–Trinajstić information content (AvgIpc) is 3.83. The molecule has 2 aromatic heterocycles. The molecule has 8 nitrogen and oxygen atoms in total. The van der Waals surface area contributed by atoms with Crippen molar-refractivity contribution in [1.82, 2.24) is 20.3 Å². The summed E-state index contributed by atoms with van der Waals surface area (Å²) in [7, 11) is 0. The normalized spacial score (nSPS) is 18.1. The predicted molar refractivity (Wildman–Crippen MR) is 160 cm³/mol. The van der Waals surface area contributed by atoms with Crippen LogP contribution in [-0.2, 0) is 0 Å². The zero-order chi connectivity index (χ0) is 28.0. The van der Waals surface area contributed by atoms with Crippen LogP contribution in [0.25, 0.3) is 11.3 Å². The van der Waals surface area contributed by atoms with Crippen molar-refractivity contribution in [1.29, 1.82) is 0 Å². The van der Waals surface area contributed by atoms with Crippen LogP contribution in [-0.4, -0.2) is 44.2 Å². The summed E-state index contributed by atoms with van der Waals surface area (Å²) in [5.74, 6) is 7.49. The van der Waals surface area contributed by atoms with E-state index < -0.39 is 0 Å². The van der Waals surface area contributed by atoms with E-state index in [1.807, 2.05) is 66.7 Å². The third-order valence-electron chi connectivity index (χ3n) is 7.30. The summed E-state index contributed by atoms with van der Waals surface area (Å²) in [5, 5.41) is 19.8. The molecule has 1 amide bonds. The number of nitrogens with one attached hydrogen (secondary N) is 3. The number of hydrogen-bond donors (Lipinski definition) is 4. The second-order valence-electron chi connectivity index (χ2n) is 10.6. The summed E-state index contributed by atoms with van der Waals surface area (Å²) in [6.07, 6.45) is 8.78. The van der Waals surface area contributed by atoms with Gasteiger partial charge in [-0.1, -0.05) is 24.0 Å². The van der Waals surface area contributed by atoms with Crippen LogP contribution < -0.4 is 16.0 Å². The van der Waals surface area contributed by atoms with Crippen LogP contribution in [0.2, 0.25) is 0 Å². The summed E-state index contributed by atoms with van der Waals surface area (Å²) in [6.45, 7) is 0. The number of rotatable bonds is 7. The van der Waals surface area contributed by atoms with E-state index in [1.165, 1.54) is 0 Å². The smallest absolute Gasteiger partial charge is 0.251 e. The van der Waals surface area contributed by atoms with Gasteiger partial charge in [0, 0.05) is 46.9 Å². The van der Waals surface area contributed by atoms with Crippen molar-refractivity contribution in [3.8, 4) is 23.1 Å². The van der Waals surface area contributed by atoms with E-state index in [9.17, 15) is 9.90 Å². The number of pyridine rings is 1. The molecule has 41 heavy (non-hydrogen) atoms. The predicted octanol–water partition coefficient (Wildman–Crippen LogP) is 5.29. The fourth-order valence-electron chi connectivity index (χ4n) is 4.82. The first-order valence-electron chi connectivity index (χ1n) is 14.1. The molecule has 0 spiro atoms. The Morgan fingerprint density at radius 3 is 2.37 bits per heavy atom. The molecule has 2 aliphatic carbocycles. The standard InChI is InChI=1S/C33H32N6O2/c40-28-17-15-25(16-18-28)36-31-29(30-6-1-2-19-34-30)21-35-33(39-31)38-27-11-9-22(10-12-27)7-8-23-4-3-5-24(20-23)32(41)37-26-13-14-26/h1-6,9-12,19-21,25-26,28,40H,13-18H2,(H,37,41)(H2,35,36,38,39). The van der Waals surface area contributed by atoms with Gasteiger partial charge >= 0.3 is 0 Å². The minimum absolute atomic E-state index is 0.0437. The van der Waals surface area contributed by atoms with E-state index in [0.717, 1.165) is 72.4 Å². The number of aromatic nitrogens is 3. The number of carbonyl (C=O) groups excluding carboxylic acids is 1. The number of amides is 1. The van der Waals surface area contributed by atoms with Crippen molar-refractivity contribution >= 4 is 23.4 Å². The molecule has 6 rings (SSSR count). The lowest BCUT2D eigenvalue weighted by Crippen LogP contribution is -2.29. The number of nitrogens with zero attached hydrogens (tertiary/aromatic N) is 3. The summed E-state index contributed by atoms with van der Waals surface area (Å²) >= 11 is 0. The second kappa shape index (κ2) is 12.2. The molecule has 2 aromatic carbocycles. The van der Waals surface area contributed by atoms with Gasteiger partial charge in [0.05, 0.1) is 17.4 Å². The molecular weight excluding hydrogens is 512 g/mol. The molecule has 0 atom stereocenters. The summed E-state index contributed by atoms with van der Waals surface area (Å²) < 4.78 is 0. The Bertz CT molecular complexity index is 1570. The maximum Gasteiger partial charge on any atom is 0.251 e. The molecular formula is C33H32N6O2. The Morgan fingerprint density at radius 2 is 1.61 bits per heavy atom. The Hall–Kier alpha value is -4.74. The molecule has 0 unspecified atom stereocenters. The van der Waals surface area contributed by atoms with Gasteiger partial charge < -0.3 is 21.1 Å². The van der Waals surface area contributed by atoms with Crippen LogP contribution in [0.3, 0.4) is 0 Å². The van der Waals surface area contributed by atoms with Crippen LogP contribution in [0.15, 0.2) is 79.1 Å². The van der Waals surface area contributed by atoms with Gasteiger partial charge in [0.15, 0.2) is 0 Å². The van der Waals surface area contributed by atoms with E-state index in [2.05, 4.69) is 37.8 Å². The number of hydrogen-bond acceptors (Lipinski definition) is 7. The molecule has 8 heteroatoms. The fourth-order valence-corrected chi connectivity index (χ4v) is 4.82. The van der Waals surface area contributed by atoms with Crippen LogP contribution in [0.1, 0.15) is 60.0 Å². The summed E-state index contributed by atoms with van der Waals surface area (Å²) in [4.78, 5) is 26.2. The SMILES string of the molecule is O=C(NC1CC1)c1cccc(C#Cc2ccc(Nc3ncc(-c4ccccn4)c(NC4CCC(O)CC4)n3)cc2)c1. The van der Waals surface area contributed by atoms with Gasteiger partial charge in [0.1, 0.15) is 5.82 Å². The van der Waals surface area contributed by atoms with Gasteiger partial charge in [-0.15, -0.1) is 0 Å². The molecule has 2 fully saturated rings. The van der Waals surface area contributed by atoms with Gasteiger partial charge in [-0.2, -0.15) is 4.98 Å². The van der Waals surface area contributed by atoms with E-state index in [1.54, 1.807) is 12.4 Å². The lowest BCUT2D eigenvalue weighted by Gasteiger charge is -2.27. The highest BCUT2D eigenvalue weighted by molar-refractivity contribution is 5.94. The number of carbonyl (C=O) groups is 1. The van der Waals surface area contributed by atoms with Gasteiger partial charge in [-0.3, -0.25) is 9.78 Å². The summed E-state index contributed by atoms with van der Waals surface area (Å²) in [5.41, 5.74) is 4.76. The third-order valence-corrected chi connectivity index (χ3v) is 7.30. The molecule has 0 radical (unpaired) electrons. The first kappa shape index (κ1) is 26.5. The molecule has 4 aromatic rings. The minimum Gasteiger partial charge on any atom is -0.393 e. The average molecular weight is 545 g/mol. The number of benzene rings is 2. The molecule has 4 N–H and O–H groups in total. The first-order chi connectivity index (χ1) is 20.1. The van der Waals surface area contributed by atoms with Gasteiger partial charge in [-0.25, -0.2) is 4.98 Å². The van der Waals surface area contributed by atoms with Crippen molar-refractivity contribution in [3.05, 3.63) is 95.8 Å². The van der Waals surface area contributed by atoms with E-state index in [-0.39, 0.29) is 18.1 Å². The Morgan fingerprint density at radius 1 is 0.829 bits per heavy atom. The maximum absolute atomic E-state index is 12.3. The molecule has 2 aliphatic rings. The lowest BCUT2D eigenvalue weighted by molar-refractivity contribution is 0.0951. The molecule has 206 valence electrons. The molecule has 2 saturated carbocycles. The molecule has 0 aliphatic heterocycles. The number of anilines is 3. The van der Waals surface area contributed by atoms with Crippen molar-refractivity contribution in [2.45, 2.75) is 56.7 Å². The highest BCUT2D eigenvalue weighted by Gasteiger charge is 2.24. The molecule has 0 bridgehead atoms. The Balaban J connectivity index is 1.15. The van der Waals surface area contributed by atoms with E-state index in [4.69, 9.17) is 4.98 Å².